The molecule has 1 N–H and O–H groups in total. The summed E-state index contributed by atoms with van der Waals surface area (Å²) in [7, 11) is 3.29. The van der Waals surface area contributed by atoms with Gasteiger partial charge in [-0.15, -0.1) is 0 Å². The van der Waals surface area contributed by atoms with Gasteiger partial charge in [-0.3, -0.25) is 0 Å². The molecule has 5 heteroatoms. The van der Waals surface area contributed by atoms with Gasteiger partial charge in [0.2, 0.25) is 0 Å². The number of rotatable bonds is 4. The average molecular weight is 395 g/mol. The van der Waals surface area contributed by atoms with Crippen molar-refractivity contribution in [3.05, 3.63) is 72.8 Å². The van der Waals surface area contributed by atoms with Crippen molar-refractivity contribution >= 4 is 11.0 Å². The molecule has 3 aromatic carbocycles. The Hall–Kier alpha value is -3.24. The second-order valence-corrected chi connectivity index (χ2v) is 6.16. The second kappa shape index (κ2) is 8.19. The fraction of sp³-hybridized carbons (Fsp3) is 0.0870. The zero-order valence-electron chi connectivity index (χ0n) is 15.5. The van der Waals surface area contributed by atoms with Crippen LogP contribution in [0.4, 0.5) is 0 Å². The Morgan fingerprint density at radius 1 is 0.714 bits per heavy atom. The van der Waals surface area contributed by atoms with E-state index in [1.165, 1.54) is 0 Å². The van der Waals surface area contributed by atoms with Gasteiger partial charge < -0.3 is 27.0 Å². The summed E-state index contributed by atoms with van der Waals surface area (Å²) in [4.78, 5) is 0. The molecule has 0 atom stereocenters. The van der Waals surface area contributed by atoms with Crippen LogP contribution in [0.2, 0.25) is 0 Å². The zero-order chi connectivity index (χ0) is 18.8. The molecule has 1 aromatic heterocycles. The molecule has 0 radical (unpaired) electrons. The third kappa shape index (κ3) is 3.73. The van der Waals surface area contributed by atoms with Crippen LogP contribution in [0.3, 0.4) is 0 Å². The number of ether oxygens (including phenoxy) is 2. The van der Waals surface area contributed by atoms with Crippen molar-refractivity contribution in [1.82, 2.24) is 0 Å². The lowest BCUT2D eigenvalue weighted by Crippen LogP contribution is -3.00. The number of aromatic hydroxyl groups is 1. The monoisotopic (exact) mass is 394 g/mol. The number of benzene rings is 3. The van der Waals surface area contributed by atoms with Crippen LogP contribution >= 0.6 is 0 Å². The van der Waals surface area contributed by atoms with Crippen LogP contribution in [0.5, 0.6) is 17.2 Å². The third-order valence-electron chi connectivity index (χ3n) is 4.53. The van der Waals surface area contributed by atoms with Gasteiger partial charge in [0.15, 0.2) is 0 Å². The number of phenolic OH excluding ortho intramolecular Hbond substituents is 1. The van der Waals surface area contributed by atoms with Crippen LogP contribution in [-0.4, -0.2) is 19.3 Å². The summed E-state index contributed by atoms with van der Waals surface area (Å²) in [6.07, 6.45) is 0. The fourth-order valence-corrected chi connectivity index (χ4v) is 3.08. The number of methoxy groups -OCH3 is 2. The van der Waals surface area contributed by atoms with E-state index >= 15 is 0 Å². The van der Waals surface area contributed by atoms with Crippen molar-refractivity contribution in [1.29, 1.82) is 0 Å². The molecular formula is C23H19ClO4. The highest BCUT2D eigenvalue weighted by Gasteiger charge is 2.20. The SMILES string of the molecule is COc1ccc(-c2cc(-c3ccc(OC)cc3)c3ccc(O)cc3[o+]2)cc1.[Cl-]. The van der Waals surface area contributed by atoms with E-state index in [4.69, 9.17) is 13.9 Å². The minimum Gasteiger partial charge on any atom is -1.00 e. The first-order valence-electron chi connectivity index (χ1n) is 8.56. The first kappa shape index (κ1) is 19.5. The quantitative estimate of drug-likeness (QED) is 0.541. The Kier molecular flexibility index (Phi) is 5.71. The van der Waals surface area contributed by atoms with E-state index < -0.39 is 0 Å². The predicted molar refractivity (Wildman–Crippen MR) is 106 cm³/mol. The zero-order valence-corrected chi connectivity index (χ0v) is 16.2. The molecular weight excluding hydrogens is 376 g/mol. The second-order valence-electron chi connectivity index (χ2n) is 6.16. The normalized spacial score (nSPS) is 10.4. The maximum Gasteiger partial charge on any atom is 0.365 e. The summed E-state index contributed by atoms with van der Waals surface area (Å²) in [6.45, 7) is 0. The van der Waals surface area contributed by atoms with Gasteiger partial charge in [0.05, 0.1) is 37.3 Å². The molecule has 0 aliphatic heterocycles. The number of halogens is 1. The summed E-state index contributed by atoms with van der Waals surface area (Å²) in [6, 6.07) is 22.7. The molecule has 4 nitrogen and oxygen atoms in total. The number of fused-ring (bicyclic) bond motifs is 1. The number of hydrogen-bond acceptors (Lipinski definition) is 3. The van der Waals surface area contributed by atoms with Gasteiger partial charge >= 0.3 is 11.3 Å². The Bertz CT molecular complexity index is 1090. The molecule has 0 aliphatic rings. The van der Waals surface area contributed by atoms with Crippen molar-refractivity contribution in [2.75, 3.05) is 14.2 Å². The molecule has 142 valence electrons. The Balaban J connectivity index is 0.00000225. The van der Waals surface area contributed by atoms with Gasteiger partial charge in [0.1, 0.15) is 17.2 Å². The maximum atomic E-state index is 9.90. The van der Waals surface area contributed by atoms with Gasteiger partial charge in [-0.05, 0) is 54.1 Å². The van der Waals surface area contributed by atoms with Gasteiger partial charge in [-0.1, -0.05) is 12.1 Å². The summed E-state index contributed by atoms with van der Waals surface area (Å²) in [5.41, 5.74) is 3.60. The summed E-state index contributed by atoms with van der Waals surface area (Å²) < 4.78 is 16.6. The lowest BCUT2D eigenvalue weighted by molar-refractivity contribution is -0.00000748. The lowest BCUT2D eigenvalue weighted by Gasteiger charge is -2.06. The first-order valence-corrected chi connectivity index (χ1v) is 8.56. The fourth-order valence-electron chi connectivity index (χ4n) is 3.08. The molecule has 0 saturated heterocycles. The molecule has 28 heavy (non-hydrogen) atoms. The molecule has 0 unspecified atom stereocenters. The molecule has 0 bridgehead atoms. The minimum atomic E-state index is 0. The van der Waals surface area contributed by atoms with Crippen LogP contribution in [-0.2, 0) is 0 Å². The summed E-state index contributed by atoms with van der Waals surface area (Å²) >= 11 is 0. The van der Waals surface area contributed by atoms with Crippen LogP contribution in [0.1, 0.15) is 0 Å². The van der Waals surface area contributed by atoms with Crippen molar-refractivity contribution in [3.63, 3.8) is 0 Å². The highest BCUT2D eigenvalue weighted by Crippen LogP contribution is 2.36. The van der Waals surface area contributed by atoms with Gasteiger partial charge in [0.25, 0.3) is 0 Å². The van der Waals surface area contributed by atoms with Crippen molar-refractivity contribution in [3.8, 4) is 39.7 Å². The molecule has 0 fully saturated rings. The van der Waals surface area contributed by atoms with Gasteiger partial charge in [-0.2, -0.15) is 0 Å². The smallest absolute Gasteiger partial charge is 0.365 e. The topological polar surface area (TPSA) is 50.0 Å². The minimum absolute atomic E-state index is 0. The third-order valence-corrected chi connectivity index (χ3v) is 4.53. The Morgan fingerprint density at radius 2 is 1.29 bits per heavy atom. The standard InChI is InChI=1S/C23H18O4.ClH/c1-25-18-8-3-15(4-9-18)21-14-22(16-5-10-19(26-2)11-6-16)27-23-13-17(24)7-12-20(21)23;/h3-14H,1-2H3;1H. The van der Waals surface area contributed by atoms with Crippen molar-refractivity contribution < 1.29 is 31.4 Å². The average Bonchev–Trinajstić information content (AvgIpc) is 2.73. The van der Waals surface area contributed by atoms with Crippen molar-refractivity contribution in [2.24, 2.45) is 0 Å². The van der Waals surface area contributed by atoms with E-state index in [0.29, 0.717) is 11.3 Å². The van der Waals surface area contributed by atoms with Crippen LogP contribution < -0.4 is 21.9 Å². The molecule has 0 aliphatic carbocycles. The largest absolute Gasteiger partial charge is 1.00 e. The first-order chi connectivity index (χ1) is 13.2. The molecule has 4 rings (SSSR count). The highest BCUT2D eigenvalue weighted by molar-refractivity contribution is 5.95. The van der Waals surface area contributed by atoms with E-state index in [-0.39, 0.29) is 18.2 Å². The predicted octanol–water partition coefficient (Wildman–Crippen LogP) is 2.77. The maximum absolute atomic E-state index is 9.90. The van der Waals surface area contributed by atoms with E-state index in [0.717, 1.165) is 33.6 Å². The van der Waals surface area contributed by atoms with E-state index in [2.05, 4.69) is 0 Å². The molecule has 1 heterocycles. The van der Waals surface area contributed by atoms with Gasteiger partial charge in [0, 0.05) is 5.56 Å². The van der Waals surface area contributed by atoms with Crippen LogP contribution in [0.25, 0.3) is 33.4 Å². The van der Waals surface area contributed by atoms with E-state index in [1.54, 1.807) is 26.4 Å². The number of hydrogen-bond donors (Lipinski definition) is 1. The lowest BCUT2D eigenvalue weighted by atomic mass is 9.99. The van der Waals surface area contributed by atoms with E-state index in [1.807, 2.05) is 60.7 Å². The van der Waals surface area contributed by atoms with Crippen LogP contribution in [0.15, 0.2) is 77.2 Å². The van der Waals surface area contributed by atoms with Crippen molar-refractivity contribution in [2.45, 2.75) is 0 Å². The van der Waals surface area contributed by atoms with Gasteiger partial charge in [-0.25, -0.2) is 4.42 Å². The van der Waals surface area contributed by atoms with Crippen LogP contribution in [0, 0.1) is 0 Å². The van der Waals surface area contributed by atoms with E-state index in [9.17, 15) is 5.11 Å². The number of phenols is 1. The molecule has 4 aromatic rings. The molecule has 0 amide bonds. The Labute approximate surface area is 169 Å². The highest BCUT2D eigenvalue weighted by atomic mass is 35.5. The molecule has 0 spiro atoms. The summed E-state index contributed by atoms with van der Waals surface area (Å²) in [5, 5.41) is 10.8. The molecule has 0 saturated carbocycles. The summed E-state index contributed by atoms with van der Waals surface area (Å²) in [5.74, 6) is 2.46. The Morgan fingerprint density at radius 3 is 1.86 bits per heavy atom.